The van der Waals surface area contributed by atoms with Gasteiger partial charge in [-0.1, -0.05) is 22.4 Å². The number of H-pyrrole nitrogens is 1. The summed E-state index contributed by atoms with van der Waals surface area (Å²) in [4.78, 5) is 11.2. The Kier molecular flexibility index (Phi) is 3.00. The number of benzene rings is 1. The van der Waals surface area contributed by atoms with Crippen molar-refractivity contribution in [2.24, 2.45) is 0 Å². The van der Waals surface area contributed by atoms with Crippen LogP contribution in [0, 0.1) is 0 Å². The second-order valence-corrected chi connectivity index (χ2v) is 3.93. The van der Waals surface area contributed by atoms with E-state index >= 15 is 0 Å². The zero-order chi connectivity index (χ0) is 11.5. The van der Waals surface area contributed by atoms with Crippen LogP contribution in [0.5, 0.6) is 11.6 Å². The lowest BCUT2D eigenvalue weighted by molar-refractivity contribution is 0.101. The summed E-state index contributed by atoms with van der Waals surface area (Å²) in [6, 6.07) is 7.30. The molecule has 2 aromatic rings. The van der Waals surface area contributed by atoms with Crippen LogP contribution in [0.25, 0.3) is 0 Å². The molecule has 6 heteroatoms. The summed E-state index contributed by atoms with van der Waals surface area (Å²) < 4.78 is 6.25. The van der Waals surface area contributed by atoms with E-state index in [0.717, 1.165) is 4.47 Å². The van der Waals surface area contributed by atoms with Gasteiger partial charge >= 0.3 is 0 Å². The lowest BCUT2D eigenvalue weighted by atomic mass is 10.3. The number of carbonyl (C=O) groups is 1. The molecule has 1 aromatic carbocycles. The van der Waals surface area contributed by atoms with Crippen molar-refractivity contribution in [1.82, 2.24) is 15.4 Å². The Morgan fingerprint density at radius 1 is 1.44 bits per heavy atom. The molecule has 0 fully saturated rings. The molecule has 1 N–H and O–H groups in total. The molecule has 0 unspecified atom stereocenters. The van der Waals surface area contributed by atoms with Crippen LogP contribution in [-0.2, 0) is 0 Å². The largest absolute Gasteiger partial charge is 0.435 e. The van der Waals surface area contributed by atoms with Crippen molar-refractivity contribution in [2.45, 2.75) is 6.92 Å². The number of aromatic amines is 1. The summed E-state index contributed by atoms with van der Waals surface area (Å²) in [6.45, 7) is 1.42. The summed E-state index contributed by atoms with van der Waals surface area (Å²) in [7, 11) is 0. The van der Waals surface area contributed by atoms with Crippen molar-refractivity contribution in [1.29, 1.82) is 0 Å². The second kappa shape index (κ2) is 4.44. The first-order valence-electron chi connectivity index (χ1n) is 4.53. The van der Waals surface area contributed by atoms with Crippen LogP contribution in [0.1, 0.15) is 17.4 Å². The predicted octanol–water partition coefficient (Wildman–Crippen LogP) is 2.56. The molecule has 0 radical (unpaired) electrons. The maximum atomic E-state index is 11.2. The van der Waals surface area contributed by atoms with E-state index in [1.54, 1.807) is 6.07 Å². The van der Waals surface area contributed by atoms with Gasteiger partial charge in [-0.3, -0.25) is 9.89 Å². The van der Waals surface area contributed by atoms with Crippen molar-refractivity contribution in [3.8, 4) is 11.6 Å². The maximum absolute atomic E-state index is 11.2. The quantitative estimate of drug-likeness (QED) is 0.878. The Balaban J connectivity index is 2.31. The van der Waals surface area contributed by atoms with E-state index in [4.69, 9.17) is 4.74 Å². The molecule has 0 atom stereocenters. The first-order chi connectivity index (χ1) is 7.68. The number of aromatic nitrogens is 3. The molecular weight excluding hydrogens is 274 g/mol. The van der Waals surface area contributed by atoms with E-state index in [9.17, 15) is 4.79 Å². The highest BCUT2D eigenvalue weighted by Gasteiger charge is 2.14. The van der Waals surface area contributed by atoms with Crippen LogP contribution in [0.4, 0.5) is 0 Å². The number of Topliss-reactive ketones (excluding diaryl/α,β-unsaturated/α-hetero) is 1. The fraction of sp³-hybridized carbons (Fsp3) is 0.100. The first kappa shape index (κ1) is 10.8. The van der Waals surface area contributed by atoms with Gasteiger partial charge in [-0.25, -0.2) is 0 Å². The average Bonchev–Trinajstić information content (AvgIpc) is 2.69. The third-order valence-corrected chi connectivity index (χ3v) is 2.57. The third kappa shape index (κ3) is 2.11. The highest BCUT2D eigenvalue weighted by molar-refractivity contribution is 9.10. The number of carbonyl (C=O) groups excluding carboxylic acids is 1. The van der Waals surface area contributed by atoms with Gasteiger partial charge < -0.3 is 4.74 Å². The summed E-state index contributed by atoms with van der Waals surface area (Å²) in [5.41, 5.74) is 0.260. The molecule has 0 aliphatic carbocycles. The number of halogens is 1. The molecule has 2 rings (SSSR count). The highest BCUT2D eigenvalue weighted by Crippen LogP contribution is 2.29. The molecule has 0 amide bonds. The van der Waals surface area contributed by atoms with Gasteiger partial charge in [-0.15, -0.1) is 0 Å². The Bertz CT molecular complexity index is 524. The van der Waals surface area contributed by atoms with Gasteiger partial charge in [0, 0.05) is 6.92 Å². The first-order valence-corrected chi connectivity index (χ1v) is 5.32. The number of nitrogens with zero attached hydrogens (tertiary/aromatic N) is 2. The lowest BCUT2D eigenvalue weighted by Crippen LogP contribution is -1.96. The van der Waals surface area contributed by atoms with Gasteiger partial charge in [-0.2, -0.15) is 0 Å². The molecule has 0 aliphatic rings. The molecule has 0 bridgehead atoms. The topological polar surface area (TPSA) is 67.9 Å². The zero-order valence-electron chi connectivity index (χ0n) is 8.40. The van der Waals surface area contributed by atoms with Gasteiger partial charge in [0.1, 0.15) is 5.75 Å². The van der Waals surface area contributed by atoms with Gasteiger partial charge in [0.25, 0.3) is 5.88 Å². The highest BCUT2D eigenvalue weighted by atomic mass is 79.9. The van der Waals surface area contributed by atoms with Crippen LogP contribution < -0.4 is 4.74 Å². The molecule has 0 spiro atoms. The number of hydrogen-bond donors (Lipinski definition) is 1. The molecule has 5 nitrogen and oxygen atoms in total. The number of para-hydroxylation sites is 1. The van der Waals surface area contributed by atoms with Gasteiger partial charge in [0.15, 0.2) is 11.5 Å². The Hall–Kier alpha value is -1.69. The van der Waals surface area contributed by atoms with Crippen LogP contribution in [0.15, 0.2) is 28.7 Å². The van der Waals surface area contributed by atoms with Crippen LogP contribution in [-0.4, -0.2) is 21.2 Å². The van der Waals surface area contributed by atoms with Gasteiger partial charge in [0.2, 0.25) is 0 Å². The number of ether oxygens (including phenoxy) is 1. The van der Waals surface area contributed by atoms with Gasteiger partial charge in [0.05, 0.1) is 4.47 Å². The molecular formula is C10H8BrN3O2. The Morgan fingerprint density at radius 3 is 2.88 bits per heavy atom. The molecule has 16 heavy (non-hydrogen) atoms. The number of rotatable bonds is 3. The molecule has 0 saturated heterocycles. The van der Waals surface area contributed by atoms with E-state index in [1.165, 1.54) is 6.92 Å². The van der Waals surface area contributed by atoms with E-state index in [0.29, 0.717) is 5.75 Å². The van der Waals surface area contributed by atoms with Crippen LogP contribution in [0.3, 0.4) is 0 Å². The zero-order valence-corrected chi connectivity index (χ0v) is 9.98. The summed E-state index contributed by atoms with van der Waals surface area (Å²) >= 11 is 3.34. The van der Waals surface area contributed by atoms with E-state index in [-0.39, 0.29) is 17.4 Å². The van der Waals surface area contributed by atoms with E-state index in [1.807, 2.05) is 18.2 Å². The third-order valence-electron chi connectivity index (χ3n) is 1.91. The Labute approximate surface area is 99.9 Å². The number of nitrogens with one attached hydrogen (secondary N) is 1. The monoisotopic (exact) mass is 281 g/mol. The maximum Gasteiger partial charge on any atom is 0.269 e. The van der Waals surface area contributed by atoms with Crippen molar-refractivity contribution in [2.75, 3.05) is 0 Å². The lowest BCUT2D eigenvalue weighted by Gasteiger charge is -2.04. The molecule has 82 valence electrons. The minimum atomic E-state index is -0.174. The minimum Gasteiger partial charge on any atom is -0.435 e. The van der Waals surface area contributed by atoms with Crippen molar-refractivity contribution in [3.63, 3.8) is 0 Å². The van der Waals surface area contributed by atoms with Crippen LogP contribution in [0.2, 0.25) is 0 Å². The fourth-order valence-electron chi connectivity index (χ4n) is 1.15. The number of ketones is 1. The van der Waals surface area contributed by atoms with Gasteiger partial charge in [-0.05, 0) is 28.1 Å². The SMILES string of the molecule is CC(=O)c1[nH]nnc1Oc1ccccc1Br. The molecule has 1 heterocycles. The van der Waals surface area contributed by atoms with Crippen LogP contribution >= 0.6 is 15.9 Å². The summed E-state index contributed by atoms with van der Waals surface area (Å²) in [6.07, 6.45) is 0. The minimum absolute atomic E-state index is 0.174. The molecule has 0 saturated carbocycles. The van der Waals surface area contributed by atoms with Crippen molar-refractivity contribution < 1.29 is 9.53 Å². The fourth-order valence-corrected chi connectivity index (χ4v) is 1.52. The van der Waals surface area contributed by atoms with Crippen molar-refractivity contribution >= 4 is 21.7 Å². The summed E-state index contributed by atoms with van der Waals surface area (Å²) in [5.74, 6) is 0.588. The number of hydrogen-bond acceptors (Lipinski definition) is 4. The smallest absolute Gasteiger partial charge is 0.269 e. The van der Waals surface area contributed by atoms with Crippen molar-refractivity contribution in [3.05, 3.63) is 34.4 Å². The van der Waals surface area contributed by atoms with E-state index < -0.39 is 0 Å². The standard InChI is InChI=1S/C10H8BrN3O2/c1-6(15)9-10(13-14-12-9)16-8-5-3-2-4-7(8)11/h2-5H,1H3,(H,12,13,14). The Morgan fingerprint density at radius 2 is 2.19 bits per heavy atom. The normalized spacial score (nSPS) is 10.1. The summed E-state index contributed by atoms with van der Waals surface area (Å²) in [5, 5.41) is 9.73. The van der Waals surface area contributed by atoms with E-state index in [2.05, 4.69) is 31.3 Å². The molecule has 0 aliphatic heterocycles. The predicted molar refractivity (Wildman–Crippen MR) is 60.6 cm³/mol. The second-order valence-electron chi connectivity index (χ2n) is 3.08. The average molecular weight is 282 g/mol. The molecule has 1 aromatic heterocycles.